The normalized spacial score (nSPS) is 33.4. The summed E-state index contributed by atoms with van der Waals surface area (Å²) in [5, 5.41) is 35.2. The van der Waals surface area contributed by atoms with Gasteiger partial charge in [0.15, 0.2) is 22.9 Å². The summed E-state index contributed by atoms with van der Waals surface area (Å²) in [6.07, 6.45) is 1.81. The maximum atomic E-state index is 13.7. The molecule has 0 aliphatic heterocycles. The zero-order valence-corrected chi connectivity index (χ0v) is 29.1. The fourth-order valence-electron chi connectivity index (χ4n) is 9.22. The van der Waals surface area contributed by atoms with Crippen LogP contribution in [0.5, 0.6) is 11.5 Å². The third-order valence-corrected chi connectivity index (χ3v) is 11.5. The van der Waals surface area contributed by atoms with Crippen LogP contribution in [-0.2, 0) is 46.2 Å². The Morgan fingerprint density at radius 2 is 1.64 bits per heavy atom. The summed E-state index contributed by atoms with van der Waals surface area (Å²) in [7, 11) is 1.40. The van der Waals surface area contributed by atoms with E-state index in [9.17, 15) is 34.5 Å². The average molecular weight is 689 g/mol. The lowest BCUT2D eigenvalue weighted by Crippen LogP contribution is -2.66. The van der Waals surface area contributed by atoms with Gasteiger partial charge in [0.25, 0.3) is 0 Å². The van der Waals surface area contributed by atoms with E-state index < -0.39 is 75.7 Å². The predicted octanol–water partition coefficient (Wildman–Crippen LogP) is 3.80. The summed E-state index contributed by atoms with van der Waals surface area (Å²) < 4.78 is 23.1. The molecule has 0 saturated heterocycles. The van der Waals surface area contributed by atoms with Crippen LogP contribution in [0.25, 0.3) is 0 Å². The molecule has 2 fully saturated rings. The monoisotopic (exact) mass is 688 g/mol. The summed E-state index contributed by atoms with van der Waals surface area (Å²) in [4.78, 5) is 52.9. The molecule has 8 unspecified atom stereocenters. The number of esters is 3. The molecule has 0 bridgehead atoms. The van der Waals surface area contributed by atoms with Crippen LogP contribution in [0.4, 0.5) is 0 Å². The van der Waals surface area contributed by atoms with Crippen molar-refractivity contribution in [2.24, 2.45) is 29.1 Å². The van der Waals surface area contributed by atoms with Crippen LogP contribution in [0, 0.1) is 29.1 Å². The number of benzene rings is 2. The number of hydrogen-bond donors (Lipinski definition) is 3. The molecule has 11 heteroatoms. The average Bonchev–Trinajstić information content (AvgIpc) is 3.48. The van der Waals surface area contributed by atoms with Crippen LogP contribution in [0.2, 0.25) is 0 Å². The van der Waals surface area contributed by atoms with E-state index in [-0.39, 0.29) is 42.9 Å². The number of ether oxygens (including phenoxy) is 4. The van der Waals surface area contributed by atoms with Crippen LogP contribution >= 0.6 is 0 Å². The number of methoxy groups -OCH3 is 1. The topological polar surface area (TPSA) is 166 Å². The second-order valence-corrected chi connectivity index (χ2v) is 14.8. The van der Waals surface area contributed by atoms with Gasteiger partial charge >= 0.3 is 17.9 Å². The Kier molecular flexibility index (Phi) is 8.75. The van der Waals surface area contributed by atoms with Crippen molar-refractivity contribution in [2.75, 3.05) is 13.7 Å². The standard InChI is InChI=1S/C39H44O11/c1-21-14-30-37(45,34(21)44)19-26(20-48-31(42)18-25-12-13-28(41)29(16-25)47-6)15-27-33-36(4,5)39(33,50-23(3)40)35(22(2)38(27,30)46)49-32(43)17-24-10-8-7-9-11-24/h7-16,22,27,30,33,35,41,45-46H,17-20H2,1-6H3. The number of carbonyl (C=O) groups is 4. The van der Waals surface area contributed by atoms with Crippen molar-refractivity contribution >= 4 is 23.7 Å². The number of Topliss-reactive ketones (excluding diaryl/α,β-unsaturated/α-hetero) is 1. The Morgan fingerprint density at radius 3 is 2.30 bits per heavy atom. The Bertz CT molecular complexity index is 1790. The maximum absolute atomic E-state index is 13.7. The predicted molar refractivity (Wildman–Crippen MR) is 179 cm³/mol. The van der Waals surface area contributed by atoms with Crippen molar-refractivity contribution in [3.8, 4) is 11.5 Å². The molecule has 11 nitrogen and oxygen atoms in total. The highest BCUT2D eigenvalue weighted by molar-refractivity contribution is 6.05. The van der Waals surface area contributed by atoms with Gasteiger partial charge in [-0.15, -0.1) is 0 Å². The van der Waals surface area contributed by atoms with E-state index >= 15 is 0 Å². The molecular weight excluding hydrogens is 644 g/mol. The fraction of sp³-hybridized carbons (Fsp3) is 0.487. The lowest BCUT2D eigenvalue weighted by molar-refractivity contribution is -0.228. The number of rotatable bonds is 9. The molecule has 0 heterocycles. The van der Waals surface area contributed by atoms with Crippen LogP contribution in [0.15, 0.2) is 71.8 Å². The van der Waals surface area contributed by atoms with Crippen molar-refractivity contribution in [2.45, 2.75) is 76.8 Å². The molecular formula is C39H44O11. The van der Waals surface area contributed by atoms with Crippen LogP contribution in [0.1, 0.15) is 52.2 Å². The van der Waals surface area contributed by atoms with E-state index in [0.717, 1.165) is 5.56 Å². The number of aromatic hydroxyl groups is 1. The molecule has 50 heavy (non-hydrogen) atoms. The minimum absolute atomic E-state index is 0.0512. The number of phenolic OH excluding ortho intramolecular Hbond substituents is 1. The quantitative estimate of drug-likeness (QED) is 0.199. The van der Waals surface area contributed by atoms with Gasteiger partial charge in [-0.1, -0.05) is 69.3 Å². The molecule has 2 aromatic rings. The van der Waals surface area contributed by atoms with Gasteiger partial charge in [0, 0.05) is 42.4 Å². The molecule has 0 amide bonds. The number of hydrogen-bond acceptors (Lipinski definition) is 11. The Balaban J connectivity index is 1.37. The number of ketones is 1. The zero-order chi connectivity index (χ0) is 36.4. The first-order valence-corrected chi connectivity index (χ1v) is 16.8. The molecule has 266 valence electrons. The molecule has 4 aliphatic carbocycles. The SMILES string of the molecule is COc1cc(CC(=O)OCC2=CC3C4C(C)(C)C4(OC(C)=O)C(OC(=O)Cc4ccccc4)C(C)C3(O)C3C=C(C)C(=O)C3(O)C2)ccc1O. The van der Waals surface area contributed by atoms with Crippen molar-refractivity contribution in [1.82, 2.24) is 0 Å². The highest BCUT2D eigenvalue weighted by Gasteiger charge is 2.87. The van der Waals surface area contributed by atoms with Gasteiger partial charge in [-0.2, -0.15) is 0 Å². The summed E-state index contributed by atoms with van der Waals surface area (Å²) in [6.45, 7) is 8.05. The van der Waals surface area contributed by atoms with Gasteiger partial charge in [-0.3, -0.25) is 19.2 Å². The Morgan fingerprint density at radius 1 is 0.960 bits per heavy atom. The second-order valence-electron chi connectivity index (χ2n) is 14.8. The highest BCUT2D eigenvalue weighted by atomic mass is 16.6. The number of phenols is 1. The van der Waals surface area contributed by atoms with E-state index in [1.165, 1.54) is 26.2 Å². The van der Waals surface area contributed by atoms with Gasteiger partial charge in [-0.25, -0.2) is 0 Å². The number of carbonyl (C=O) groups excluding carboxylic acids is 4. The molecule has 6 rings (SSSR count). The minimum atomic E-state index is -2.08. The second kappa shape index (κ2) is 12.4. The number of fused-ring (bicyclic) bond motifs is 5. The highest BCUT2D eigenvalue weighted by Crippen LogP contribution is 2.77. The first-order chi connectivity index (χ1) is 23.5. The fourth-order valence-corrected chi connectivity index (χ4v) is 9.22. The largest absolute Gasteiger partial charge is 0.504 e. The Hall–Kier alpha value is -4.48. The molecule has 2 aromatic carbocycles. The molecule has 0 aromatic heterocycles. The first-order valence-electron chi connectivity index (χ1n) is 16.8. The lowest BCUT2D eigenvalue weighted by Gasteiger charge is -2.53. The zero-order valence-electron chi connectivity index (χ0n) is 29.1. The molecule has 0 spiro atoms. The van der Waals surface area contributed by atoms with E-state index in [1.807, 2.05) is 32.0 Å². The molecule has 3 N–H and O–H groups in total. The van der Waals surface area contributed by atoms with Gasteiger partial charge in [0.05, 0.1) is 25.6 Å². The maximum Gasteiger partial charge on any atom is 0.310 e. The minimum Gasteiger partial charge on any atom is -0.504 e. The van der Waals surface area contributed by atoms with E-state index in [0.29, 0.717) is 11.1 Å². The molecule has 4 aliphatic rings. The summed E-state index contributed by atoms with van der Waals surface area (Å²) in [5.74, 6) is -5.63. The van der Waals surface area contributed by atoms with E-state index in [2.05, 4.69) is 0 Å². The smallest absolute Gasteiger partial charge is 0.310 e. The summed E-state index contributed by atoms with van der Waals surface area (Å²) in [5.41, 5.74) is -4.13. The molecule has 0 radical (unpaired) electrons. The van der Waals surface area contributed by atoms with Gasteiger partial charge in [-0.05, 0) is 41.3 Å². The van der Waals surface area contributed by atoms with Crippen molar-refractivity contribution < 1.29 is 53.4 Å². The van der Waals surface area contributed by atoms with Crippen LogP contribution in [-0.4, -0.2) is 75.6 Å². The molecule has 8 atom stereocenters. The summed E-state index contributed by atoms with van der Waals surface area (Å²) in [6, 6.07) is 13.6. The van der Waals surface area contributed by atoms with E-state index in [4.69, 9.17) is 18.9 Å². The van der Waals surface area contributed by atoms with E-state index in [1.54, 1.807) is 44.2 Å². The van der Waals surface area contributed by atoms with Gasteiger partial charge < -0.3 is 34.3 Å². The Labute approximate surface area is 290 Å². The van der Waals surface area contributed by atoms with Gasteiger partial charge in [0.2, 0.25) is 0 Å². The first kappa shape index (κ1) is 35.3. The van der Waals surface area contributed by atoms with Crippen molar-refractivity contribution in [3.05, 3.63) is 83.0 Å². The third kappa shape index (κ3) is 5.42. The van der Waals surface area contributed by atoms with Crippen molar-refractivity contribution in [1.29, 1.82) is 0 Å². The number of aliphatic hydroxyl groups is 2. The summed E-state index contributed by atoms with van der Waals surface area (Å²) >= 11 is 0. The third-order valence-electron chi connectivity index (χ3n) is 11.5. The van der Waals surface area contributed by atoms with Crippen LogP contribution < -0.4 is 4.74 Å². The van der Waals surface area contributed by atoms with Crippen molar-refractivity contribution in [3.63, 3.8) is 0 Å². The van der Waals surface area contributed by atoms with Gasteiger partial charge in [0.1, 0.15) is 18.3 Å². The molecule has 2 saturated carbocycles. The van der Waals surface area contributed by atoms with Crippen LogP contribution in [0.3, 0.4) is 0 Å². The lowest BCUT2D eigenvalue weighted by atomic mass is 9.59.